The van der Waals surface area contributed by atoms with Crippen LogP contribution < -0.4 is 5.73 Å². The number of hydrogen-bond donors (Lipinski definition) is 1. The second-order valence-electron chi connectivity index (χ2n) is 4.63. The van der Waals surface area contributed by atoms with Crippen molar-refractivity contribution < 1.29 is 0 Å². The van der Waals surface area contributed by atoms with Gasteiger partial charge in [0.2, 0.25) is 0 Å². The zero-order valence-electron chi connectivity index (χ0n) is 10.2. The quantitative estimate of drug-likeness (QED) is 0.876. The van der Waals surface area contributed by atoms with Crippen molar-refractivity contribution in [3.05, 3.63) is 42.5 Å². The van der Waals surface area contributed by atoms with Crippen molar-refractivity contribution in [1.29, 1.82) is 0 Å². The highest BCUT2D eigenvalue weighted by atomic mass is 15.3. The summed E-state index contributed by atoms with van der Waals surface area (Å²) in [7, 11) is 0. The molecule has 0 bridgehead atoms. The minimum absolute atomic E-state index is 0.0716. The summed E-state index contributed by atoms with van der Waals surface area (Å²) < 4.78 is 1.95. The van der Waals surface area contributed by atoms with Gasteiger partial charge >= 0.3 is 0 Å². The van der Waals surface area contributed by atoms with Crippen LogP contribution in [0.5, 0.6) is 0 Å². The van der Waals surface area contributed by atoms with E-state index in [1.54, 1.807) is 6.33 Å². The largest absolute Gasteiger partial charge is 0.321 e. The second kappa shape index (κ2) is 5.10. The highest BCUT2D eigenvalue weighted by Crippen LogP contribution is 2.19. The van der Waals surface area contributed by atoms with E-state index in [9.17, 15) is 0 Å². The van der Waals surface area contributed by atoms with Crippen molar-refractivity contribution in [3.63, 3.8) is 0 Å². The van der Waals surface area contributed by atoms with Crippen LogP contribution in [-0.4, -0.2) is 14.8 Å². The molecule has 2 rings (SSSR count). The van der Waals surface area contributed by atoms with Crippen LogP contribution in [0.3, 0.4) is 0 Å². The van der Waals surface area contributed by atoms with E-state index in [0.717, 1.165) is 17.9 Å². The fourth-order valence-electron chi connectivity index (χ4n) is 1.90. The second-order valence-corrected chi connectivity index (χ2v) is 4.63. The minimum Gasteiger partial charge on any atom is -0.321 e. The van der Waals surface area contributed by atoms with Crippen molar-refractivity contribution in [1.82, 2.24) is 14.8 Å². The Morgan fingerprint density at radius 1 is 1.24 bits per heavy atom. The number of hydrogen-bond acceptors (Lipinski definition) is 3. The molecule has 1 aromatic heterocycles. The summed E-state index contributed by atoms with van der Waals surface area (Å²) in [5.41, 5.74) is 7.20. The number of nitrogens with two attached hydrogens (primary N) is 1. The topological polar surface area (TPSA) is 56.7 Å². The Bertz CT molecular complexity index is 461. The van der Waals surface area contributed by atoms with Crippen molar-refractivity contribution in [2.45, 2.75) is 26.3 Å². The van der Waals surface area contributed by atoms with Gasteiger partial charge in [-0.2, -0.15) is 0 Å². The van der Waals surface area contributed by atoms with E-state index in [4.69, 9.17) is 5.73 Å². The Morgan fingerprint density at radius 3 is 2.59 bits per heavy atom. The molecule has 0 saturated heterocycles. The average molecular weight is 230 g/mol. The van der Waals surface area contributed by atoms with Gasteiger partial charge < -0.3 is 5.73 Å². The molecule has 17 heavy (non-hydrogen) atoms. The van der Waals surface area contributed by atoms with Crippen LogP contribution in [0, 0.1) is 5.92 Å². The lowest BCUT2D eigenvalue weighted by Crippen LogP contribution is -2.17. The molecule has 2 aromatic rings. The standard InChI is InChI=1S/C13H18N4/c1-10(2)8-12(14)13-16-15-9-17(13)11-6-4-3-5-7-11/h3-7,9-10,12H,8,14H2,1-2H3/t12-/m0/s1. The lowest BCUT2D eigenvalue weighted by atomic mass is 10.0. The summed E-state index contributed by atoms with van der Waals surface area (Å²) in [4.78, 5) is 0. The smallest absolute Gasteiger partial charge is 0.154 e. The Morgan fingerprint density at radius 2 is 1.94 bits per heavy atom. The molecule has 0 amide bonds. The minimum atomic E-state index is -0.0716. The molecular weight excluding hydrogens is 212 g/mol. The zero-order chi connectivity index (χ0) is 12.3. The van der Waals surface area contributed by atoms with Crippen LogP contribution in [0.4, 0.5) is 0 Å². The van der Waals surface area contributed by atoms with Crippen LogP contribution >= 0.6 is 0 Å². The van der Waals surface area contributed by atoms with Crippen LogP contribution in [-0.2, 0) is 0 Å². The molecule has 1 aromatic carbocycles. The van der Waals surface area contributed by atoms with Gasteiger partial charge in [0.25, 0.3) is 0 Å². The predicted molar refractivity (Wildman–Crippen MR) is 67.7 cm³/mol. The number of benzene rings is 1. The molecule has 0 aliphatic rings. The number of rotatable bonds is 4. The third-order valence-corrected chi connectivity index (χ3v) is 2.67. The Balaban J connectivity index is 2.29. The van der Waals surface area contributed by atoms with E-state index >= 15 is 0 Å². The van der Waals surface area contributed by atoms with Crippen LogP contribution in [0.1, 0.15) is 32.1 Å². The zero-order valence-corrected chi connectivity index (χ0v) is 10.2. The Kier molecular flexibility index (Phi) is 3.54. The van der Waals surface area contributed by atoms with Gasteiger partial charge in [-0.3, -0.25) is 4.57 Å². The van der Waals surface area contributed by atoms with E-state index in [0.29, 0.717) is 5.92 Å². The monoisotopic (exact) mass is 230 g/mol. The molecule has 0 aliphatic carbocycles. The maximum absolute atomic E-state index is 6.16. The number of aromatic nitrogens is 3. The number of nitrogens with zero attached hydrogens (tertiary/aromatic N) is 3. The molecule has 0 saturated carbocycles. The molecule has 0 aliphatic heterocycles. The highest BCUT2D eigenvalue weighted by molar-refractivity contribution is 5.32. The van der Waals surface area contributed by atoms with E-state index in [2.05, 4.69) is 24.0 Å². The molecule has 2 N–H and O–H groups in total. The molecule has 90 valence electrons. The summed E-state index contributed by atoms with van der Waals surface area (Å²) in [5.74, 6) is 1.37. The van der Waals surface area contributed by atoms with E-state index in [1.165, 1.54) is 0 Å². The summed E-state index contributed by atoms with van der Waals surface area (Å²) in [6.07, 6.45) is 2.62. The molecule has 1 atom stereocenters. The maximum atomic E-state index is 6.16. The van der Waals surface area contributed by atoms with Crippen LogP contribution in [0.15, 0.2) is 36.7 Å². The Hall–Kier alpha value is -1.68. The predicted octanol–water partition coefficient (Wildman–Crippen LogP) is 2.31. The average Bonchev–Trinajstić information content (AvgIpc) is 2.78. The van der Waals surface area contributed by atoms with Crippen LogP contribution in [0.2, 0.25) is 0 Å². The SMILES string of the molecule is CC(C)C[C@H](N)c1nncn1-c1ccccc1. The van der Waals surface area contributed by atoms with Crippen molar-refractivity contribution >= 4 is 0 Å². The van der Waals surface area contributed by atoms with Gasteiger partial charge in [0, 0.05) is 5.69 Å². The maximum Gasteiger partial charge on any atom is 0.154 e. The lowest BCUT2D eigenvalue weighted by molar-refractivity contribution is 0.488. The van der Waals surface area contributed by atoms with Gasteiger partial charge in [0.15, 0.2) is 5.82 Å². The molecule has 0 spiro atoms. The molecule has 0 unspecified atom stereocenters. The van der Waals surface area contributed by atoms with Gasteiger partial charge in [0.05, 0.1) is 6.04 Å². The molecule has 4 nitrogen and oxygen atoms in total. The first kappa shape index (κ1) is 11.8. The summed E-state index contributed by atoms with van der Waals surface area (Å²) >= 11 is 0. The summed E-state index contributed by atoms with van der Waals surface area (Å²) in [6.45, 7) is 4.31. The third-order valence-electron chi connectivity index (χ3n) is 2.67. The number of para-hydroxylation sites is 1. The Labute approximate surface area is 101 Å². The molecule has 4 heteroatoms. The first-order valence-corrected chi connectivity index (χ1v) is 5.89. The van der Waals surface area contributed by atoms with Crippen molar-refractivity contribution in [2.24, 2.45) is 11.7 Å². The lowest BCUT2D eigenvalue weighted by Gasteiger charge is -2.14. The summed E-state index contributed by atoms with van der Waals surface area (Å²) in [6, 6.07) is 9.95. The first-order chi connectivity index (χ1) is 8.18. The van der Waals surface area contributed by atoms with Crippen LogP contribution in [0.25, 0.3) is 5.69 Å². The van der Waals surface area contributed by atoms with Gasteiger partial charge in [-0.05, 0) is 24.5 Å². The van der Waals surface area contributed by atoms with E-state index in [-0.39, 0.29) is 6.04 Å². The van der Waals surface area contributed by atoms with Crippen molar-refractivity contribution in [3.8, 4) is 5.69 Å². The summed E-state index contributed by atoms with van der Waals surface area (Å²) in [5, 5.41) is 8.09. The van der Waals surface area contributed by atoms with Gasteiger partial charge in [-0.25, -0.2) is 0 Å². The molecule has 0 radical (unpaired) electrons. The fourth-order valence-corrected chi connectivity index (χ4v) is 1.90. The van der Waals surface area contributed by atoms with E-state index in [1.807, 2.05) is 34.9 Å². The highest BCUT2D eigenvalue weighted by Gasteiger charge is 2.15. The van der Waals surface area contributed by atoms with Gasteiger partial charge in [-0.1, -0.05) is 32.0 Å². The normalized spacial score (nSPS) is 12.9. The molecular formula is C13H18N4. The third kappa shape index (κ3) is 2.71. The fraction of sp³-hybridized carbons (Fsp3) is 0.385. The van der Waals surface area contributed by atoms with Crippen molar-refractivity contribution in [2.75, 3.05) is 0 Å². The van der Waals surface area contributed by atoms with Gasteiger partial charge in [-0.15, -0.1) is 10.2 Å². The first-order valence-electron chi connectivity index (χ1n) is 5.89. The molecule has 1 heterocycles. The van der Waals surface area contributed by atoms with Gasteiger partial charge in [0.1, 0.15) is 6.33 Å². The molecule has 0 fully saturated rings. The van der Waals surface area contributed by atoms with E-state index < -0.39 is 0 Å².